The van der Waals surface area contributed by atoms with E-state index in [4.69, 9.17) is 0 Å². The summed E-state index contributed by atoms with van der Waals surface area (Å²) in [5.74, 6) is 0. The fourth-order valence-corrected chi connectivity index (χ4v) is 3.35. The molecule has 2 aromatic carbocycles. The summed E-state index contributed by atoms with van der Waals surface area (Å²) in [4.78, 5) is 0. The summed E-state index contributed by atoms with van der Waals surface area (Å²) in [6.07, 6.45) is 0.468. The van der Waals surface area contributed by atoms with E-state index in [2.05, 4.69) is 55.5 Å². The van der Waals surface area contributed by atoms with Crippen LogP contribution >= 0.6 is 0 Å². The summed E-state index contributed by atoms with van der Waals surface area (Å²) in [6.45, 7) is 4.11. The summed E-state index contributed by atoms with van der Waals surface area (Å²) in [6, 6.07) is 17.1. The molecule has 92 valence electrons. The Morgan fingerprint density at radius 3 is 1.83 bits per heavy atom. The second-order valence-electron chi connectivity index (χ2n) is 5.48. The number of rotatable bonds is 2. The molecule has 3 rings (SSSR count). The highest BCUT2D eigenvalue weighted by atomic mass is 16.3. The van der Waals surface area contributed by atoms with Gasteiger partial charge in [-0.15, -0.1) is 0 Å². The second-order valence-corrected chi connectivity index (χ2v) is 5.48. The third-order valence-corrected chi connectivity index (χ3v) is 4.04. The number of hydrogen-bond acceptors (Lipinski definition) is 1. The van der Waals surface area contributed by atoms with Crippen molar-refractivity contribution >= 4 is 0 Å². The molecule has 0 bridgehead atoms. The molecule has 1 N–H and O–H groups in total. The van der Waals surface area contributed by atoms with Crippen LogP contribution in [-0.2, 0) is 5.41 Å². The Bertz CT molecular complexity index is 538. The lowest BCUT2D eigenvalue weighted by Gasteiger charge is -2.28. The molecular formula is C17H18O. The van der Waals surface area contributed by atoms with Crippen LogP contribution in [0.1, 0.15) is 31.4 Å². The van der Waals surface area contributed by atoms with E-state index in [0.717, 1.165) is 6.42 Å². The Labute approximate surface area is 108 Å². The zero-order valence-corrected chi connectivity index (χ0v) is 10.9. The van der Waals surface area contributed by atoms with Gasteiger partial charge in [0.05, 0.1) is 6.10 Å². The maximum Gasteiger partial charge on any atom is 0.0523 e. The fourth-order valence-electron chi connectivity index (χ4n) is 3.35. The lowest BCUT2D eigenvalue weighted by atomic mass is 9.76. The van der Waals surface area contributed by atoms with Crippen molar-refractivity contribution < 1.29 is 5.11 Å². The minimum atomic E-state index is -0.297. The van der Waals surface area contributed by atoms with E-state index in [1.54, 1.807) is 0 Å². The molecule has 0 aliphatic heterocycles. The lowest BCUT2D eigenvalue weighted by molar-refractivity contribution is 0.163. The molecule has 0 aromatic heterocycles. The van der Waals surface area contributed by atoms with E-state index in [0.29, 0.717) is 0 Å². The van der Waals surface area contributed by atoms with Gasteiger partial charge in [0.25, 0.3) is 0 Å². The van der Waals surface area contributed by atoms with E-state index < -0.39 is 0 Å². The smallest absolute Gasteiger partial charge is 0.0523 e. The van der Waals surface area contributed by atoms with Crippen LogP contribution in [0.3, 0.4) is 0 Å². The van der Waals surface area contributed by atoms with Crippen molar-refractivity contribution in [2.75, 3.05) is 0 Å². The standard InChI is InChI=1S/C17H18O/c1-12(18)11-17(2)15-9-5-3-7-13(15)14-8-4-6-10-16(14)17/h3-10,12,18H,11H2,1-2H3. The molecule has 1 aliphatic carbocycles. The Kier molecular flexibility index (Phi) is 2.53. The number of fused-ring (bicyclic) bond motifs is 3. The number of benzene rings is 2. The predicted octanol–water partition coefficient (Wildman–Crippen LogP) is 3.74. The molecule has 1 unspecified atom stereocenters. The zero-order valence-electron chi connectivity index (χ0n) is 10.9. The van der Waals surface area contributed by atoms with Gasteiger partial charge in [-0.3, -0.25) is 0 Å². The normalized spacial score (nSPS) is 17.1. The molecule has 0 spiro atoms. The van der Waals surface area contributed by atoms with Crippen molar-refractivity contribution in [2.45, 2.75) is 31.8 Å². The van der Waals surface area contributed by atoms with Gasteiger partial charge in [-0.05, 0) is 35.6 Å². The third kappa shape index (κ3) is 1.51. The summed E-state index contributed by atoms with van der Waals surface area (Å²) >= 11 is 0. The molecule has 0 amide bonds. The first kappa shape index (κ1) is 11.5. The van der Waals surface area contributed by atoms with E-state index in [1.807, 2.05) is 6.92 Å². The third-order valence-electron chi connectivity index (χ3n) is 4.04. The molecule has 1 aliphatic rings. The molecule has 18 heavy (non-hydrogen) atoms. The Balaban J connectivity index is 2.27. The molecule has 1 atom stereocenters. The molecule has 1 heteroatoms. The van der Waals surface area contributed by atoms with Crippen LogP contribution in [0, 0.1) is 0 Å². The zero-order chi connectivity index (χ0) is 12.8. The first-order valence-corrected chi connectivity index (χ1v) is 6.50. The van der Waals surface area contributed by atoms with Crippen LogP contribution in [0.25, 0.3) is 11.1 Å². The quantitative estimate of drug-likeness (QED) is 0.845. The monoisotopic (exact) mass is 238 g/mol. The second kappa shape index (κ2) is 3.96. The van der Waals surface area contributed by atoms with Gasteiger partial charge in [0, 0.05) is 5.41 Å². The highest BCUT2D eigenvalue weighted by Gasteiger charge is 2.39. The Morgan fingerprint density at radius 2 is 1.39 bits per heavy atom. The van der Waals surface area contributed by atoms with Crippen LogP contribution in [0.4, 0.5) is 0 Å². The average Bonchev–Trinajstić information content (AvgIpc) is 2.61. The summed E-state index contributed by atoms with van der Waals surface area (Å²) in [5.41, 5.74) is 5.24. The topological polar surface area (TPSA) is 20.2 Å². The predicted molar refractivity (Wildman–Crippen MR) is 74.6 cm³/mol. The minimum absolute atomic E-state index is 0.0681. The Hall–Kier alpha value is -1.60. The number of aliphatic hydroxyl groups excluding tert-OH is 1. The van der Waals surface area contributed by atoms with Crippen LogP contribution in [0.5, 0.6) is 0 Å². The van der Waals surface area contributed by atoms with E-state index in [-0.39, 0.29) is 11.5 Å². The molecule has 2 aromatic rings. The average molecular weight is 238 g/mol. The van der Waals surface area contributed by atoms with E-state index in [1.165, 1.54) is 22.3 Å². The summed E-state index contributed by atoms with van der Waals surface area (Å²) in [5, 5.41) is 9.83. The molecule has 1 nitrogen and oxygen atoms in total. The van der Waals surface area contributed by atoms with Gasteiger partial charge < -0.3 is 5.11 Å². The maximum absolute atomic E-state index is 9.83. The van der Waals surface area contributed by atoms with Crippen LogP contribution < -0.4 is 0 Å². The van der Waals surface area contributed by atoms with Crippen LogP contribution in [0.2, 0.25) is 0 Å². The highest BCUT2D eigenvalue weighted by molar-refractivity contribution is 5.80. The van der Waals surface area contributed by atoms with Crippen molar-refractivity contribution in [2.24, 2.45) is 0 Å². The molecular weight excluding hydrogens is 220 g/mol. The van der Waals surface area contributed by atoms with Crippen molar-refractivity contribution in [3.63, 3.8) is 0 Å². The van der Waals surface area contributed by atoms with Crippen molar-refractivity contribution in [1.82, 2.24) is 0 Å². The van der Waals surface area contributed by atoms with E-state index in [9.17, 15) is 5.11 Å². The Morgan fingerprint density at radius 1 is 0.944 bits per heavy atom. The van der Waals surface area contributed by atoms with Gasteiger partial charge in [0.2, 0.25) is 0 Å². The first-order valence-electron chi connectivity index (χ1n) is 6.50. The molecule has 0 heterocycles. The van der Waals surface area contributed by atoms with Crippen LogP contribution in [-0.4, -0.2) is 11.2 Å². The van der Waals surface area contributed by atoms with Crippen molar-refractivity contribution in [3.8, 4) is 11.1 Å². The summed E-state index contributed by atoms with van der Waals surface area (Å²) < 4.78 is 0. The van der Waals surface area contributed by atoms with Crippen molar-refractivity contribution in [1.29, 1.82) is 0 Å². The molecule has 0 fully saturated rings. The minimum Gasteiger partial charge on any atom is -0.393 e. The van der Waals surface area contributed by atoms with Gasteiger partial charge in [0.1, 0.15) is 0 Å². The maximum atomic E-state index is 9.83. The van der Waals surface area contributed by atoms with Gasteiger partial charge in [-0.1, -0.05) is 55.5 Å². The first-order chi connectivity index (χ1) is 8.63. The highest BCUT2D eigenvalue weighted by Crippen LogP contribution is 2.50. The lowest BCUT2D eigenvalue weighted by Crippen LogP contribution is -2.25. The largest absolute Gasteiger partial charge is 0.393 e. The van der Waals surface area contributed by atoms with Crippen LogP contribution in [0.15, 0.2) is 48.5 Å². The molecule has 0 radical (unpaired) electrons. The number of hydrogen-bond donors (Lipinski definition) is 1. The van der Waals surface area contributed by atoms with Gasteiger partial charge >= 0.3 is 0 Å². The summed E-state index contributed by atoms with van der Waals surface area (Å²) in [7, 11) is 0. The molecule has 0 saturated heterocycles. The fraction of sp³-hybridized carbons (Fsp3) is 0.294. The van der Waals surface area contributed by atoms with Crippen molar-refractivity contribution in [3.05, 3.63) is 59.7 Å². The number of aliphatic hydroxyl groups is 1. The van der Waals surface area contributed by atoms with Gasteiger partial charge in [0.15, 0.2) is 0 Å². The SMILES string of the molecule is CC(O)CC1(C)c2ccccc2-c2ccccc21. The van der Waals surface area contributed by atoms with Gasteiger partial charge in [-0.2, -0.15) is 0 Å². The molecule has 0 saturated carbocycles. The van der Waals surface area contributed by atoms with E-state index >= 15 is 0 Å². The van der Waals surface area contributed by atoms with Gasteiger partial charge in [-0.25, -0.2) is 0 Å².